The molecule has 1 unspecified atom stereocenters. The van der Waals surface area contributed by atoms with Gasteiger partial charge >= 0.3 is 0 Å². The van der Waals surface area contributed by atoms with Gasteiger partial charge in [-0.05, 0) is 57.1 Å². The first kappa shape index (κ1) is 15.0. The van der Waals surface area contributed by atoms with Gasteiger partial charge in [0, 0.05) is 21.1 Å². The molecule has 3 rings (SSSR count). The molecular weight excluding hydrogens is 414 g/mol. The molecule has 3 nitrogen and oxygen atoms in total. The van der Waals surface area contributed by atoms with Crippen molar-refractivity contribution in [3.63, 3.8) is 0 Å². The number of thiophene rings is 1. The quantitative estimate of drug-likeness (QED) is 0.651. The van der Waals surface area contributed by atoms with Crippen molar-refractivity contribution < 1.29 is 0 Å². The number of hydrogen-bond acceptors (Lipinski definition) is 3. The Hall–Kier alpha value is -0.950. The topological polar surface area (TPSA) is 29.9 Å². The van der Waals surface area contributed by atoms with Crippen molar-refractivity contribution in [1.29, 1.82) is 0 Å². The van der Waals surface area contributed by atoms with Crippen molar-refractivity contribution in [1.82, 2.24) is 15.1 Å². The van der Waals surface area contributed by atoms with Gasteiger partial charge in [0.2, 0.25) is 0 Å². The molecule has 0 bridgehead atoms. The fourth-order valence-corrected chi connectivity index (χ4v) is 4.41. The molecule has 0 amide bonds. The van der Waals surface area contributed by atoms with E-state index in [1.807, 2.05) is 48.3 Å². The number of para-hydroxylation sites is 1. The van der Waals surface area contributed by atoms with Crippen molar-refractivity contribution >= 4 is 43.2 Å². The van der Waals surface area contributed by atoms with Crippen LogP contribution in [-0.2, 0) is 0 Å². The van der Waals surface area contributed by atoms with E-state index in [-0.39, 0.29) is 6.04 Å². The molecule has 0 saturated carbocycles. The van der Waals surface area contributed by atoms with Gasteiger partial charge in [0.25, 0.3) is 0 Å². The molecule has 3 aromatic rings. The number of nitrogens with zero attached hydrogens (tertiary/aromatic N) is 2. The van der Waals surface area contributed by atoms with Crippen LogP contribution in [0.25, 0.3) is 5.69 Å². The molecule has 1 atom stereocenters. The molecule has 2 aromatic heterocycles. The van der Waals surface area contributed by atoms with Gasteiger partial charge < -0.3 is 5.32 Å². The van der Waals surface area contributed by atoms with Gasteiger partial charge in [-0.25, -0.2) is 4.68 Å². The highest BCUT2D eigenvalue weighted by Crippen LogP contribution is 2.37. The first-order valence-electron chi connectivity index (χ1n) is 6.41. The summed E-state index contributed by atoms with van der Waals surface area (Å²) < 4.78 is 4.09. The van der Waals surface area contributed by atoms with E-state index in [2.05, 4.69) is 54.5 Å². The minimum Gasteiger partial charge on any atom is -0.309 e. The highest BCUT2D eigenvalue weighted by Gasteiger charge is 2.18. The number of rotatable bonds is 4. The van der Waals surface area contributed by atoms with Crippen molar-refractivity contribution in [2.45, 2.75) is 6.04 Å². The van der Waals surface area contributed by atoms with Gasteiger partial charge in [0.15, 0.2) is 0 Å². The standard InChI is InChI=1S/C15H13Br2N3S/c1-18-14(13-7-12(16)15(17)21-13)10-8-19-20(9-10)11-5-3-2-4-6-11/h2-9,14,18H,1H3. The number of hydrogen-bond donors (Lipinski definition) is 1. The molecule has 1 aromatic carbocycles. The summed E-state index contributed by atoms with van der Waals surface area (Å²) >= 11 is 8.81. The van der Waals surface area contributed by atoms with Crippen molar-refractivity contribution in [3.8, 4) is 5.69 Å². The van der Waals surface area contributed by atoms with E-state index in [0.717, 1.165) is 19.5 Å². The van der Waals surface area contributed by atoms with Crippen molar-refractivity contribution in [2.24, 2.45) is 0 Å². The zero-order valence-electron chi connectivity index (χ0n) is 11.3. The van der Waals surface area contributed by atoms with E-state index in [9.17, 15) is 0 Å². The summed E-state index contributed by atoms with van der Waals surface area (Å²) in [5.41, 5.74) is 2.20. The summed E-state index contributed by atoms with van der Waals surface area (Å²) in [6, 6.07) is 12.4. The summed E-state index contributed by atoms with van der Waals surface area (Å²) in [7, 11) is 1.96. The predicted molar refractivity (Wildman–Crippen MR) is 94.2 cm³/mol. The van der Waals surface area contributed by atoms with Crippen LogP contribution >= 0.6 is 43.2 Å². The minimum atomic E-state index is 0.134. The Balaban J connectivity index is 1.94. The second kappa shape index (κ2) is 6.44. The van der Waals surface area contributed by atoms with Crippen LogP contribution in [0.15, 0.2) is 57.1 Å². The van der Waals surface area contributed by atoms with Crippen LogP contribution in [0, 0.1) is 0 Å². The highest BCUT2D eigenvalue weighted by atomic mass is 79.9. The Morgan fingerprint density at radius 1 is 1.24 bits per heavy atom. The van der Waals surface area contributed by atoms with Gasteiger partial charge in [-0.3, -0.25) is 0 Å². The molecule has 0 spiro atoms. The van der Waals surface area contributed by atoms with Gasteiger partial charge in [0.1, 0.15) is 0 Å². The van der Waals surface area contributed by atoms with E-state index >= 15 is 0 Å². The van der Waals surface area contributed by atoms with Crippen LogP contribution in [0.4, 0.5) is 0 Å². The zero-order valence-corrected chi connectivity index (χ0v) is 15.2. The molecule has 0 radical (unpaired) electrons. The van der Waals surface area contributed by atoms with E-state index in [0.29, 0.717) is 0 Å². The van der Waals surface area contributed by atoms with E-state index in [1.54, 1.807) is 11.3 Å². The average molecular weight is 427 g/mol. The van der Waals surface area contributed by atoms with E-state index in [1.165, 1.54) is 4.88 Å². The Labute approximate surface area is 144 Å². The molecule has 0 aliphatic heterocycles. The summed E-state index contributed by atoms with van der Waals surface area (Å²) in [4.78, 5) is 1.24. The van der Waals surface area contributed by atoms with Crippen LogP contribution in [0.2, 0.25) is 0 Å². The first-order chi connectivity index (χ1) is 10.2. The van der Waals surface area contributed by atoms with E-state index < -0.39 is 0 Å². The summed E-state index contributed by atoms with van der Waals surface area (Å²) in [5, 5.41) is 7.82. The lowest BCUT2D eigenvalue weighted by Gasteiger charge is -2.12. The van der Waals surface area contributed by atoms with Crippen LogP contribution in [-0.4, -0.2) is 16.8 Å². The summed E-state index contributed by atoms with van der Waals surface area (Å²) in [6.45, 7) is 0. The lowest BCUT2D eigenvalue weighted by atomic mass is 10.1. The monoisotopic (exact) mass is 425 g/mol. The van der Waals surface area contributed by atoms with Gasteiger partial charge in [-0.15, -0.1) is 11.3 Å². The lowest BCUT2D eigenvalue weighted by Crippen LogP contribution is -2.15. The third-order valence-corrected chi connectivity index (χ3v) is 6.52. The number of aromatic nitrogens is 2. The molecule has 108 valence electrons. The number of benzene rings is 1. The van der Waals surface area contributed by atoms with Gasteiger partial charge in [-0.2, -0.15) is 5.10 Å². The first-order valence-corrected chi connectivity index (χ1v) is 8.81. The maximum absolute atomic E-state index is 4.47. The molecule has 2 heterocycles. The second-order valence-electron chi connectivity index (χ2n) is 4.55. The maximum Gasteiger partial charge on any atom is 0.0843 e. The molecule has 0 saturated heterocycles. The summed E-state index contributed by atoms with van der Waals surface area (Å²) in [6.07, 6.45) is 3.98. The van der Waals surface area contributed by atoms with Crippen LogP contribution in [0.5, 0.6) is 0 Å². The highest BCUT2D eigenvalue weighted by molar-refractivity contribution is 9.13. The Morgan fingerprint density at radius 2 is 2.00 bits per heavy atom. The zero-order chi connectivity index (χ0) is 14.8. The molecule has 6 heteroatoms. The average Bonchev–Trinajstić information content (AvgIpc) is 3.10. The Morgan fingerprint density at radius 3 is 2.62 bits per heavy atom. The fraction of sp³-hybridized carbons (Fsp3) is 0.133. The molecular formula is C15H13Br2N3S. The molecule has 1 N–H and O–H groups in total. The molecule has 0 fully saturated rings. The van der Waals surface area contributed by atoms with Crippen molar-refractivity contribution in [3.05, 3.63) is 67.5 Å². The predicted octanol–water partition coefficient (Wildman–Crippen LogP) is 4.77. The van der Waals surface area contributed by atoms with Crippen LogP contribution in [0.3, 0.4) is 0 Å². The number of halogens is 2. The lowest BCUT2D eigenvalue weighted by molar-refractivity contribution is 0.703. The second-order valence-corrected chi connectivity index (χ2v) is 7.80. The fourth-order valence-electron chi connectivity index (χ4n) is 2.19. The largest absolute Gasteiger partial charge is 0.309 e. The Bertz CT molecular complexity index is 717. The van der Waals surface area contributed by atoms with Crippen LogP contribution < -0.4 is 5.32 Å². The van der Waals surface area contributed by atoms with Gasteiger partial charge in [0.05, 0.1) is 21.7 Å². The maximum atomic E-state index is 4.47. The smallest absolute Gasteiger partial charge is 0.0843 e. The molecule has 21 heavy (non-hydrogen) atoms. The minimum absolute atomic E-state index is 0.134. The number of nitrogens with one attached hydrogen (secondary N) is 1. The molecule has 0 aliphatic rings. The SMILES string of the molecule is CNC(c1cnn(-c2ccccc2)c1)c1cc(Br)c(Br)s1. The Kier molecular flexibility index (Phi) is 4.59. The van der Waals surface area contributed by atoms with Crippen molar-refractivity contribution in [2.75, 3.05) is 7.05 Å². The summed E-state index contributed by atoms with van der Waals surface area (Å²) in [5.74, 6) is 0. The third-order valence-electron chi connectivity index (χ3n) is 3.19. The third kappa shape index (κ3) is 3.13. The van der Waals surface area contributed by atoms with Crippen LogP contribution in [0.1, 0.15) is 16.5 Å². The molecule has 0 aliphatic carbocycles. The van der Waals surface area contributed by atoms with Gasteiger partial charge in [-0.1, -0.05) is 18.2 Å². The van der Waals surface area contributed by atoms with E-state index in [4.69, 9.17) is 0 Å². The normalized spacial score (nSPS) is 12.5.